The molecule has 1 aliphatic carbocycles. The highest BCUT2D eigenvalue weighted by molar-refractivity contribution is 5.86. The van der Waals surface area contributed by atoms with Gasteiger partial charge in [0.05, 0.1) is 19.8 Å². The maximum atomic E-state index is 6.10. The van der Waals surface area contributed by atoms with Gasteiger partial charge in [-0.3, -0.25) is 0 Å². The number of fused-ring (bicyclic) bond motifs is 3. The minimum Gasteiger partial charge on any atom is -0.490 e. The molecule has 0 aromatic heterocycles. The van der Waals surface area contributed by atoms with E-state index in [2.05, 4.69) is 31.2 Å². The standard InChI is InChI=1S/C22H28O3/c1-5-11-17-19-16-13-10-9-12-15(16)14-18(19)21(24-7-3)22(25-8-4)20(17)23-6-2/h9-10,12-13H,5-8,11,14H2,1-4H3. The molecule has 0 atom stereocenters. The highest BCUT2D eigenvalue weighted by Crippen LogP contribution is 2.53. The van der Waals surface area contributed by atoms with Crippen LogP contribution in [0.25, 0.3) is 11.1 Å². The van der Waals surface area contributed by atoms with E-state index in [4.69, 9.17) is 14.2 Å². The largest absolute Gasteiger partial charge is 0.490 e. The third-order valence-corrected chi connectivity index (χ3v) is 4.58. The fourth-order valence-corrected chi connectivity index (χ4v) is 3.75. The summed E-state index contributed by atoms with van der Waals surface area (Å²) in [6, 6.07) is 8.64. The van der Waals surface area contributed by atoms with Gasteiger partial charge in [-0.05, 0) is 43.9 Å². The van der Waals surface area contributed by atoms with Gasteiger partial charge in [0.1, 0.15) is 0 Å². The van der Waals surface area contributed by atoms with Crippen molar-refractivity contribution in [3.8, 4) is 28.4 Å². The predicted molar refractivity (Wildman–Crippen MR) is 102 cm³/mol. The molecule has 3 heteroatoms. The van der Waals surface area contributed by atoms with E-state index in [1.54, 1.807) is 0 Å². The number of benzene rings is 2. The zero-order chi connectivity index (χ0) is 17.8. The molecule has 0 bridgehead atoms. The zero-order valence-electron chi connectivity index (χ0n) is 15.8. The molecule has 0 unspecified atom stereocenters. The lowest BCUT2D eigenvalue weighted by Crippen LogP contribution is -2.08. The maximum Gasteiger partial charge on any atom is 0.204 e. The Balaban J connectivity index is 2.33. The van der Waals surface area contributed by atoms with Crippen molar-refractivity contribution in [2.75, 3.05) is 19.8 Å². The summed E-state index contributed by atoms with van der Waals surface area (Å²) < 4.78 is 18.2. The predicted octanol–water partition coefficient (Wildman–Crippen LogP) is 5.41. The van der Waals surface area contributed by atoms with Gasteiger partial charge in [-0.15, -0.1) is 0 Å². The molecule has 0 fully saturated rings. The van der Waals surface area contributed by atoms with E-state index in [0.29, 0.717) is 19.8 Å². The summed E-state index contributed by atoms with van der Waals surface area (Å²) in [6.07, 6.45) is 2.93. The third kappa shape index (κ3) is 3.08. The zero-order valence-corrected chi connectivity index (χ0v) is 15.8. The van der Waals surface area contributed by atoms with Gasteiger partial charge in [0.15, 0.2) is 11.5 Å². The van der Waals surface area contributed by atoms with Crippen molar-refractivity contribution < 1.29 is 14.2 Å². The first kappa shape index (κ1) is 17.7. The monoisotopic (exact) mass is 340 g/mol. The van der Waals surface area contributed by atoms with Crippen LogP contribution < -0.4 is 14.2 Å². The summed E-state index contributed by atoms with van der Waals surface area (Å²) in [5.41, 5.74) is 6.47. The minimum atomic E-state index is 0.595. The van der Waals surface area contributed by atoms with Crippen molar-refractivity contribution in [2.24, 2.45) is 0 Å². The van der Waals surface area contributed by atoms with E-state index in [-0.39, 0.29) is 0 Å². The van der Waals surface area contributed by atoms with Crippen LogP contribution in [-0.4, -0.2) is 19.8 Å². The molecule has 0 N–H and O–H groups in total. The highest BCUT2D eigenvalue weighted by Gasteiger charge is 2.32. The molecule has 3 rings (SSSR count). The van der Waals surface area contributed by atoms with Crippen LogP contribution in [0.15, 0.2) is 24.3 Å². The molecule has 0 radical (unpaired) electrons. The van der Waals surface area contributed by atoms with E-state index < -0.39 is 0 Å². The van der Waals surface area contributed by atoms with Gasteiger partial charge >= 0.3 is 0 Å². The van der Waals surface area contributed by atoms with Crippen LogP contribution in [0.5, 0.6) is 17.2 Å². The molecule has 0 saturated heterocycles. The molecule has 3 nitrogen and oxygen atoms in total. The Morgan fingerprint density at radius 1 is 0.800 bits per heavy atom. The molecule has 0 saturated carbocycles. The van der Waals surface area contributed by atoms with Gasteiger partial charge in [-0.1, -0.05) is 37.6 Å². The lowest BCUT2D eigenvalue weighted by molar-refractivity contribution is 0.258. The van der Waals surface area contributed by atoms with Gasteiger partial charge in [0.2, 0.25) is 5.75 Å². The van der Waals surface area contributed by atoms with Gasteiger partial charge < -0.3 is 14.2 Å². The fourth-order valence-electron chi connectivity index (χ4n) is 3.75. The molecule has 0 spiro atoms. The van der Waals surface area contributed by atoms with Gasteiger partial charge in [-0.2, -0.15) is 0 Å². The Bertz CT molecular complexity index is 749. The summed E-state index contributed by atoms with van der Waals surface area (Å²) >= 11 is 0. The summed E-state index contributed by atoms with van der Waals surface area (Å²) in [5, 5.41) is 0. The second-order valence-corrected chi connectivity index (χ2v) is 6.20. The molecule has 0 amide bonds. The Morgan fingerprint density at radius 2 is 1.44 bits per heavy atom. The van der Waals surface area contributed by atoms with Gasteiger partial charge in [0, 0.05) is 17.5 Å². The Kier molecular flexibility index (Phi) is 5.52. The van der Waals surface area contributed by atoms with Gasteiger partial charge in [0.25, 0.3) is 0 Å². The lowest BCUT2D eigenvalue weighted by Gasteiger charge is -2.23. The first-order valence-electron chi connectivity index (χ1n) is 9.44. The van der Waals surface area contributed by atoms with Crippen LogP contribution in [0.1, 0.15) is 50.8 Å². The molecule has 134 valence electrons. The molecule has 1 aliphatic rings. The molecule has 0 heterocycles. The van der Waals surface area contributed by atoms with Crippen LogP contribution in [0, 0.1) is 0 Å². The van der Waals surface area contributed by atoms with Crippen LogP contribution in [-0.2, 0) is 12.8 Å². The van der Waals surface area contributed by atoms with E-state index >= 15 is 0 Å². The lowest BCUT2D eigenvalue weighted by atomic mass is 9.94. The van der Waals surface area contributed by atoms with Crippen LogP contribution in [0.3, 0.4) is 0 Å². The Morgan fingerprint density at radius 3 is 2.12 bits per heavy atom. The normalized spacial score (nSPS) is 11.8. The van der Waals surface area contributed by atoms with E-state index in [9.17, 15) is 0 Å². The molecular formula is C22H28O3. The Labute approximate surface area is 150 Å². The molecule has 2 aromatic carbocycles. The number of rotatable bonds is 8. The smallest absolute Gasteiger partial charge is 0.204 e. The minimum absolute atomic E-state index is 0.595. The van der Waals surface area contributed by atoms with Crippen LogP contribution >= 0.6 is 0 Å². The van der Waals surface area contributed by atoms with E-state index in [1.165, 1.54) is 27.8 Å². The summed E-state index contributed by atoms with van der Waals surface area (Å²) in [5.74, 6) is 2.50. The van der Waals surface area contributed by atoms with Gasteiger partial charge in [-0.25, -0.2) is 0 Å². The maximum absolute atomic E-state index is 6.10. The topological polar surface area (TPSA) is 27.7 Å². The van der Waals surface area contributed by atoms with Crippen molar-refractivity contribution in [3.63, 3.8) is 0 Å². The second kappa shape index (κ2) is 7.81. The fraction of sp³-hybridized carbons (Fsp3) is 0.455. The summed E-state index contributed by atoms with van der Waals surface area (Å²) in [6.45, 7) is 10.1. The van der Waals surface area contributed by atoms with Crippen LogP contribution in [0.2, 0.25) is 0 Å². The number of hydrogen-bond donors (Lipinski definition) is 0. The highest BCUT2D eigenvalue weighted by atomic mass is 16.5. The van der Waals surface area contributed by atoms with Crippen molar-refractivity contribution in [3.05, 3.63) is 41.0 Å². The van der Waals surface area contributed by atoms with E-state index in [1.807, 2.05) is 20.8 Å². The second-order valence-electron chi connectivity index (χ2n) is 6.20. The number of ether oxygens (including phenoxy) is 3. The average Bonchev–Trinajstić information content (AvgIpc) is 3.00. The molecule has 0 aliphatic heterocycles. The van der Waals surface area contributed by atoms with Crippen LogP contribution in [0.4, 0.5) is 0 Å². The summed E-state index contributed by atoms with van der Waals surface area (Å²) in [7, 11) is 0. The first-order valence-corrected chi connectivity index (χ1v) is 9.44. The van der Waals surface area contributed by atoms with Crippen molar-refractivity contribution >= 4 is 0 Å². The first-order chi connectivity index (χ1) is 12.3. The van der Waals surface area contributed by atoms with E-state index in [0.717, 1.165) is 36.5 Å². The van der Waals surface area contributed by atoms with Crippen molar-refractivity contribution in [2.45, 2.75) is 47.0 Å². The molecule has 25 heavy (non-hydrogen) atoms. The Hall–Kier alpha value is -2.16. The number of hydrogen-bond acceptors (Lipinski definition) is 3. The quantitative estimate of drug-likeness (QED) is 0.549. The van der Waals surface area contributed by atoms with Crippen molar-refractivity contribution in [1.29, 1.82) is 0 Å². The third-order valence-electron chi connectivity index (χ3n) is 4.58. The molecule has 2 aromatic rings. The van der Waals surface area contributed by atoms with Crippen molar-refractivity contribution in [1.82, 2.24) is 0 Å². The summed E-state index contributed by atoms with van der Waals surface area (Å²) in [4.78, 5) is 0. The average molecular weight is 340 g/mol. The SMILES string of the molecule is CCCc1c(OCC)c(OCC)c(OCC)c2c1-c1ccccc1C2. The molecular weight excluding hydrogens is 312 g/mol.